The fourth-order valence-corrected chi connectivity index (χ4v) is 2.19. The molecule has 0 amide bonds. The lowest BCUT2D eigenvalue weighted by atomic mass is 9.98. The van der Waals surface area contributed by atoms with Crippen molar-refractivity contribution in [3.63, 3.8) is 0 Å². The van der Waals surface area contributed by atoms with E-state index in [1.807, 2.05) is 6.92 Å². The molecule has 0 heterocycles. The van der Waals surface area contributed by atoms with Crippen molar-refractivity contribution in [2.24, 2.45) is 5.92 Å². The summed E-state index contributed by atoms with van der Waals surface area (Å²) in [7, 11) is 0. The van der Waals surface area contributed by atoms with Gasteiger partial charge in [0.1, 0.15) is 0 Å². The first-order valence-corrected chi connectivity index (χ1v) is 7.26. The van der Waals surface area contributed by atoms with Crippen molar-refractivity contribution in [2.75, 3.05) is 6.54 Å². The van der Waals surface area contributed by atoms with Crippen molar-refractivity contribution in [3.8, 4) is 0 Å². The third-order valence-electron chi connectivity index (χ3n) is 3.70. The van der Waals surface area contributed by atoms with Gasteiger partial charge in [-0.1, -0.05) is 39.2 Å². The molecule has 1 rings (SSSR count). The van der Waals surface area contributed by atoms with Crippen LogP contribution in [0.2, 0.25) is 0 Å². The van der Waals surface area contributed by atoms with E-state index in [1.165, 1.54) is 31.4 Å². The molecular weight excluding hydrogens is 244 g/mol. The normalized spacial score (nSPS) is 14.4. The predicted molar refractivity (Wildman–Crippen MR) is 76.1 cm³/mol. The van der Waals surface area contributed by atoms with Gasteiger partial charge in [0.15, 0.2) is 11.6 Å². The molecule has 0 saturated heterocycles. The van der Waals surface area contributed by atoms with Gasteiger partial charge in [-0.05, 0) is 43.5 Å². The Morgan fingerprint density at radius 3 is 2.47 bits per heavy atom. The maximum absolute atomic E-state index is 13.2. The molecule has 2 unspecified atom stereocenters. The fraction of sp³-hybridized carbons (Fsp3) is 0.625. The van der Waals surface area contributed by atoms with Crippen LogP contribution >= 0.6 is 0 Å². The van der Waals surface area contributed by atoms with E-state index in [-0.39, 0.29) is 6.04 Å². The maximum Gasteiger partial charge on any atom is 0.159 e. The minimum Gasteiger partial charge on any atom is -0.310 e. The van der Waals surface area contributed by atoms with Crippen LogP contribution in [0.25, 0.3) is 0 Å². The van der Waals surface area contributed by atoms with Crippen molar-refractivity contribution >= 4 is 0 Å². The van der Waals surface area contributed by atoms with Crippen molar-refractivity contribution < 1.29 is 8.78 Å². The number of benzene rings is 1. The quantitative estimate of drug-likeness (QED) is 0.712. The Morgan fingerprint density at radius 1 is 1.16 bits per heavy atom. The van der Waals surface area contributed by atoms with Gasteiger partial charge < -0.3 is 5.32 Å². The minimum absolute atomic E-state index is 0.0470. The molecule has 0 aliphatic heterocycles. The van der Waals surface area contributed by atoms with Gasteiger partial charge in [0.25, 0.3) is 0 Å². The van der Waals surface area contributed by atoms with E-state index >= 15 is 0 Å². The van der Waals surface area contributed by atoms with Crippen LogP contribution < -0.4 is 5.32 Å². The van der Waals surface area contributed by atoms with Crippen LogP contribution in [0, 0.1) is 17.6 Å². The van der Waals surface area contributed by atoms with Crippen LogP contribution in [-0.2, 0) is 0 Å². The van der Waals surface area contributed by atoms with Gasteiger partial charge in [-0.15, -0.1) is 0 Å². The van der Waals surface area contributed by atoms with E-state index in [0.29, 0.717) is 5.92 Å². The van der Waals surface area contributed by atoms with E-state index in [2.05, 4.69) is 19.2 Å². The molecule has 1 N–H and O–H groups in total. The lowest BCUT2D eigenvalue weighted by Crippen LogP contribution is -2.25. The second-order valence-corrected chi connectivity index (χ2v) is 5.22. The Balaban J connectivity index is 2.49. The summed E-state index contributed by atoms with van der Waals surface area (Å²) in [5.41, 5.74) is 0.796. The number of hydrogen-bond acceptors (Lipinski definition) is 1. The fourth-order valence-electron chi connectivity index (χ4n) is 2.19. The van der Waals surface area contributed by atoms with Gasteiger partial charge in [0.05, 0.1) is 0 Å². The summed E-state index contributed by atoms with van der Waals surface area (Å²) in [6.07, 6.45) is 4.84. The molecule has 0 spiro atoms. The smallest absolute Gasteiger partial charge is 0.159 e. The first-order chi connectivity index (χ1) is 9.08. The third-order valence-corrected chi connectivity index (χ3v) is 3.70. The number of rotatable bonds is 8. The average Bonchev–Trinajstić information content (AvgIpc) is 2.41. The van der Waals surface area contributed by atoms with Crippen molar-refractivity contribution in [2.45, 2.75) is 52.5 Å². The first kappa shape index (κ1) is 16.1. The minimum atomic E-state index is -0.787. The zero-order chi connectivity index (χ0) is 14.3. The molecule has 0 aliphatic carbocycles. The average molecular weight is 269 g/mol. The summed E-state index contributed by atoms with van der Waals surface area (Å²) in [5, 5.41) is 3.42. The Bertz CT molecular complexity index is 379. The standard InChI is InChI=1S/C16H25F2N/c1-4-6-7-13(5-2)11-19-12(3)14-8-9-15(17)16(18)10-14/h8-10,12-13,19H,4-7,11H2,1-3H3. The SMILES string of the molecule is CCCCC(CC)CNC(C)c1ccc(F)c(F)c1. The highest BCUT2D eigenvalue weighted by Gasteiger charge is 2.11. The lowest BCUT2D eigenvalue weighted by molar-refractivity contribution is 0.397. The summed E-state index contributed by atoms with van der Waals surface area (Å²) in [6, 6.07) is 4.16. The second kappa shape index (κ2) is 8.26. The Hall–Kier alpha value is -0.960. The molecule has 1 aromatic rings. The molecule has 2 atom stereocenters. The Kier molecular flexibility index (Phi) is 7.00. The summed E-state index contributed by atoms with van der Waals surface area (Å²) in [5.74, 6) is -0.901. The zero-order valence-corrected chi connectivity index (χ0v) is 12.2. The van der Waals surface area contributed by atoms with Crippen LogP contribution in [0.5, 0.6) is 0 Å². The van der Waals surface area contributed by atoms with E-state index in [9.17, 15) is 8.78 Å². The van der Waals surface area contributed by atoms with E-state index in [0.717, 1.165) is 18.5 Å². The van der Waals surface area contributed by atoms with Gasteiger partial charge in [-0.2, -0.15) is 0 Å². The van der Waals surface area contributed by atoms with Gasteiger partial charge in [-0.3, -0.25) is 0 Å². The first-order valence-electron chi connectivity index (χ1n) is 7.26. The topological polar surface area (TPSA) is 12.0 Å². The molecule has 1 nitrogen and oxygen atoms in total. The van der Waals surface area contributed by atoms with Gasteiger partial charge >= 0.3 is 0 Å². The summed E-state index contributed by atoms with van der Waals surface area (Å²) < 4.78 is 26.0. The Labute approximate surface area is 115 Å². The largest absolute Gasteiger partial charge is 0.310 e. The molecule has 0 radical (unpaired) electrons. The van der Waals surface area contributed by atoms with Gasteiger partial charge in [0.2, 0.25) is 0 Å². The van der Waals surface area contributed by atoms with Crippen molar-refractivity contribution in [3.05, 3.63) is 35.4 Å². The van der Waals surface area contributed by atoms with Crippen LogP contribution in [0.1, 0.15) is 58.1 Å². The van der Waals surface area contributed by atoms with E-state index in [1.54, 1.807) is 6.07 Å². The van der Waals surface area contributed by atoms with Crippen LogP contribution in [0.15, 0.2) is 18.2 Å². The summed E-state index contributed by atoms with van der Waals surface area (Å²) in [4.78, 5) is 0. The number of nitrogens with one attached hydrogen (secondary N) is 1. The highest BCUT2D eigenvalue weighted by atomic mass is 19.2. The molecule has 0 saturated carbocycles. The van der Waals surface area contributed by atoms with Gasteiger partial charge in [-0.25, -0.2) is 8.78 Å². The molecule has 0 aliphatic rings. The molecule has 19 heavy (non-hydrogen) atoms. The third kappa shape index (κ3) is 5.27. The van der Waals surface area contributed by atoms with Crippen LogP contribution in [0.4, 0.5) is 8.78 Å². The van der Waals surface area contributed by atoms with Crippen molar-refractivity contribution in [1.82, 2.24) is 5.32 Å². The zero-order valence-electron chi connectivity index (χ0n) is 12.2. The molecule has 0 aromatic heterocycles. The molecule has 0 fully saturated rings. The van der Waals surface area contributed by atoms with Crippen LogP contribution in [-0.4, -0.2) is 6.54 Å². The molecular formula is C16H25F2N. The highest BCUT2D eigenvalue weighted by Crippen LogP contribution is 2.18. The summed E-state index contributed by atoms with van der Waals surface area (Å²) >= 11 is 0. The Morgan fingerprint density at radius 2 is 1.89 bits per heavy atom. The molecule has 1 aromatic carbocycles. The highest BCUT2D eigenvalue weighted by molar-refractivity contribution is 5.20. The summed E-state index contributed by atoms with van der Waals surface area (Å²) in [6.45, 7) is 7.31. The maximum atomic E-state index is 13.2. The van der Waals surface area contributed by atoms with E-state index < -0.39 is 11.6 Å². The second-order valence-electron chi connectivity index (χ2n) is 5.22. The number of hydrogen-bond donors (Lipinski definition) is 1. The van der Waals surface area contributed by atoms with Gasteiger partial charge in [0, 0.05) is 6.04 Å². The monoisotopic (exact) mass is 269 g/mol. The number of unbranched alkanes of at least 4 members (excludes halogenated alkanes) is 1. The lowest BCUT2D eigenvalue weighted by Gasteiger charge is -2.20. The molecule has 3 heteroatoms. The molecule has 0 bridgehead atoms. The molecule has 108 valence electrons. The predicted octanol–water partition coefficient (Wildman–Crippen LogP) is 4.83. The van der Waals surface area contributed by atoms with E-state index in [4.69, 9.17) is 0 Å². The van der Waals surface area contributed by atoms with Crippen LogP contribution in [0.3, 0.4) is 0 Å². The van der Waals surface area contributed by atoms with Crippen molar-refractivity contribution in [1.29, 1.82) is 0 Å². The number of halogens is 2.